The van der Waals surface area contributed by atoms with Crippen LogP contribution >= 0.6 is 23.2 Å². The molecule has 20 heavy (non-hydrogen) atoms. The molecule has 2 aromatic rings. The van der Waals surface area contributed by atoms with Gasteiger partial charge in [-0.15, -0.1) is 0 Å². The van der Waals surface area contributed by atoms with Gasteiger partial charge in [-0.05, 0) is 30.7 Å². The number of nitriles is 1. The van der Waals surface area contributed by atoms with Crippen LogP contribution in [-0.2, 0) is 0 Å². The number of aromatic nitrogens is 1. The molecule has 0 saturated carbocycles. The standard InChI is InChI=1S/C15H13Cl2N3/c1-10(11-3-5-13(16)6-4-11)20(2)15-14(17)12(9-18)7-8-19-15/h3-8,10H,1-2H3. The summed E-state index contributed by atoms with van der Waals surface area (Å²) in [5.74, 6) is 0.591. The number of pyridine rings is 1. The minimum Gasteiger partial charge on any atom is -0.352 e. The van der Waals surface area contributed by atoms with E-state index in [9.17, 15) is 0 Å². The molecule has 1 aromatic heterocycles. The Morgan fingerprint density at radius 2 is 1.85 bits per heavy atom. The zero-order valence-corrected chi connectivity index (χ0v) is 12.7. The van der Waals surface area contributed by atoms with Gasteiger partial charge in [0.2, 0.25) is 0 Å². The number of rotatable bonds is 3. The Morgan fingerprint density at radius 3 is 2.45 bits per heavy atom. The maximum absolute atomic E-state index is 9.02. The van der Waals surface area contributed by atoms with Crippen molar-refractivity contribution in [2.45, 2.75) is 13.0 Å². The molecule has 0 aliphatic carbocycles. The molecular weight excluding hydrogens is 293 g/mol. The summed E-state index contributed by atoms with van der Waals surface area (Å²) in [7, 11) is 1.90. The third-order valence-corrected chi connectivity index (χ3v) is 3.88. The SMILES string of the molecule is CC(c1ccc(Cl)cc1)N(C)c1nccc(C#N)c1Cl. The van der Waals surface area contributed by atoms with Gasteiger partial charge >= 0.3 is 0 Å². The van der Waals surface area contributed by atoms with Crippen LogP contribution in [0.4, 0.5) is 5.82 Å². The van der Waals surface area contributed by atoms with Crippen LogP contribution in [0.2, 0.25) is 10.0 Å². The Labute approximate surface area is 128 Å². The number of anilines is 1. The van der Waals surface area contributed by atoms with Gasteiger partial charge in [-0.1, -0.05) is 35.3 Å². The molecule has 0 aliphatic heterocycles. The van der Waals surface area contributed by atoms with E-state index < -0.39 is 0 Å². The lowest BCUT2D eigenvalue weighted by Gasteiger charge is -2.27. The van der Waals surface area contributed by atoms with Crippen molar-refractivity contribution in [2.75, 3.05) is 11.9 Å². The predicted octanol–water partition coefficient (Wildman–Crippen LogP) is 4.46. The second-order valence-corrected chi connectivity index (χ2v) is 5.26. The highest BCUT2D eigenvalue weighted by atomic mass is 35.5. The lowest BCUT2D eigenvalue weighted by Crippen LogP contribution is -2.23. The minimum atomic E-state index is 0.0613. The van der Waals surface area contributed by atoms with Gasteiger partial charge in [0, 0.05) is 18.3 Å². The Kier molecular flexibility index (Phi) is 4.49. The molecule has 0 N–H and O–H groups in total. The Hall–Kier alpha value is -1.76. The van der Waals surface area contributed by atoms with Crippen molar-refractivity contribution < 1.29 is 0 Å². The van der Waals surface area contributed by atoms with Crippen LogP contribution in [0.3, 0.4) is 0 Å². The molecule has 1 unspecified atom stereocenters. The lowest BCUT2D eigenvalue weighted by molar-refractivity contribution is 0.729. The molecule has 1 heterocycles. The molecule has 0 spiro atoms. The van der Waals surface area contributed by atoms with Crippen molar-refractivity contribution in [1.29, 1.82) is 5.26 Å². The largest absolute Gasteiger partial charge is 0.352 e. The highest BCUT2D eigenvalue weighted by Gasteiger charge is 2.17. The van der Waals surface area contributed by atoms with Crippen LogP contribution in [-0.4, -0.2) is 12.0 Å². The molecular formula is C15H13Cl2N3. The van der Waals surface area contributed by atoms with Gasteiger partial charge in [0.15, 0.2) is 0 Å². The average molecular weight is 306 g/mol. The van der Waals surface area contributed by atoms with Crippen molar-refractivity contribution in [2.24, 2.45) is 0 Å². The van der Waals surface area contributed by atoms with Crippen molar-refractivity contribution in [1.82, 2.24) is 4.98 Å². The molecule has 0 amide bonds. The first-order chi connectivity index (χ1) is 9.54. The van der Waals surface area contributed by atoms with Crippen LogP contribution < -0.4 is 4.90 Å². The quantitative estimate of drug-likeness (QED) is 0.840. The van der Waals surface area contributed by atoms with Gasteiger partial charge < -0.3 is 4.90 Å². The highest BCUT2D eigenvalue weighted by Crippen LogP contribution is 2.31. The predicted molar refractivity (Wildman–Crippen MR) is 82.2 cm³/mol. The van der Waals surface area contributed by atoms with Gasteiger partial charge in [-0.3, -0.25) is 0 Å². The number of nitrogens with zero attached hydrogens (tertiary/aromatic N) is 3. The van der Waals surface area contributed by atoms with E-state index in [0.717, 1.165) is 5.56 Å². The smallest absolute Gasteiger partial charge is 0.148 e. The minimum absolute atomic E-state index is 0.0613. The lowest BCUT2D eigenvalue weighted by atomic mass is 10.1. The third kappa shape index (κ3) is 2.87. The van der Waals surface area contributed by atoms with E-state index in [0.29, 0.717) is 21.4 Å². The molecule has 1 atom stereocenters. The Bertz CT molecular complexity index is 647. The Balaban J connectivity index is 2.34. The van der Waals surface area contributed by atoms with Crippen LogP contribution in [0.5, 0.6) is 0 Å². The first-order valence-corrected chi connectivity index (χ1v) is 6.83. The normalized spacial score (nSPS) is 11.8. The average Bonchev–Trinajstić information content (AvgIpc) is 2.47. The van der Waals surface area contributed by atoms with E-state index in [1.807, 2.05) is 43.1 Å². The maximum Gasteiger partial charge on any atom is 0.148 e. The van der Waals surface area contributed by atoms with Crippen molar-refractivity contribution in [3.8, 4) is 6.07 Å². The number of halogens is 2. The van der Waals surface area contributed by atoms with Gasteiger partial charge in [0.05, 0.1) is 11.6 Å². The molecule has 2 rings (SSSR count). The molecule has 102 valence electrons. The van der Waals surface area contributed by atoms with E-state index >= 15 is 0 Å². The zero-order chi connectivity index (χ0) is 14.7. The van der Waals surface area contributed by atoms with Gasteiger partial charge in [-0.2, -0.15) is 5.26 Å². The molecule has 3 nitrogen and oxygen atoms in total. The second-order valence-electron chi connectivity index (χ2n) is 4.45. The number of benzene rings is 1. The first-order valence-electron chi connectivity index (χ1n) is 6.07. The van der Waals surface area contributed by atoms with Crippen LogP contribution in [0.1, 0.15) is 24.1 Å². The van der Waals surface area contributed by atoms with Crippen molar-refractivity contribution in [3.05, 3.63) is 57.7 Å². The number of hydrogen-bond acceptors (Lipinski definition) is 3. The molecule has 5 heteroatoms. The summed E-state index contributed by atoms with van der Waals surface area (Å²) in [6, 6.07) is 11.4. The van der Waals surface area contributed by atoms with E-state index in [1.54, 1.807) is 12.3 Å². The van der Waals surface area contributed by atoms with Crippen molar-refractivity contribution in [3.63, 3.8) is 0 Å². The summed E-state index contributed by atoms with van der Waals surface area (Å²) in [6.45, 7) is 2.04. The highest BCUT2D eigenvalue weighted by molar-refractivity contribution is 6.34. The van der Waals surface area contributed by atoms with Gasteiger partial charge in [0.25, 0.3) is 0 Å². The van der Waals surface area contributed by atoms with Gasteiger partial charge in [0.1, 0.15) is 16.9 Å². The molecule has 1 aromatic carbocycles. The van der Waals surface area contributed by atoms with Crippen LogP contribution in [0.25, 0.3) is 0 Å². The molecule has 0 aliphatic rings. The number of hydrogen-bond donors (Lipinski definition) is 0. The van der Waals surface area contributed by atoms with E-state index in [2.05, 4.69) is 11.1 Å². The van der Waals surface area contributed by atoms with E-state index in [4.69, 9.17) is 28.5 Å². The van der Waals surface area contributed by atoms with Crippen LogP contribution in [0, 0.1) is 11.3 Å². The molecule has 0 saturated heterocycles. The topological polar surface area (TPSA) is 39.9 Å². The van der Waals surface area contributed by atoms with Crippen molar-refractivity contribution >= 4 is 29.0 Å². The Morgan fingerprint density at radius 1 is 1.20 bits per heavy atom. The maximum atomic E-state index is 9.02. The summed E-state index contributed by atoms with van der Waals surface area (Å²) in [6.07, 6.45) is 1.59. The fourth-order valence-electron chi connectivity index (χ4n) is 1.91. The fraction of sp³-hybridized carbons (Fsp3) is 0.200. The third-order valence-electron chi connectivity index (χ3n) is 3.26. The summed E-state index contributed by atoms with van der Waals surface area (Å²) in [5, 5.41) is 10.1. The second kappa shape index (κ2) is 6.13. The zero-order valence-electron chi connectivity index (χ0n) is 11.1. The summed E-state index contributed by atoms with van der Waals surface area (Å²) < 4.78 is 0. The van der Waals surface area contributed by atoms with Crippen LogP contribution in [0.15, 0.2) is 36.5 Å². The van der Waals surface area contributed by atoms with E-state index in [1.165, 1.54) is 0 Å². The van der Waals surface area contributed by atoms with Gasteiger partial charge in [-0.25, -0.2) is 4.98 Å². The monoisotopic (exact) mass is 305 g/mol. The fourth-order valence-corrected chi connectivity index (χ4v) is 2.33. The first kappa shape index (κ1) is 14.6. The summed E-state index contributed by atoms with van der Waals surface area (Å²) >= 11 is 12.1. The summed E-state index contributed by atoms with van der Waals surface area (Å²) in [5.41, 5.74) is 1.52. The molecule has 0 radical (unpaired) electrons. The molecule has 0 bridgehead atoms. The van der Waals surface area contributed by atoms with E-state index in [-0.39, 0.29) is 6.04 Å². The molecule has 0 fully saturated rings. The summed E-state index contributed by atoms with van der Waals surface area (Å²) in [4.78, 5) is 6.20.